The zero-order valence-corrected chi connectivity index (χ0v) is 15.8. The van der Waals surface area contributed by atoms with Crippen molar-refractivity contribution in [2.24, 2.45) is 4.99 Å². The molecule has 0 unspecified atom stereocenters. The first-order valence-corrected chi connectivity index (χ1v) is 9.58. The van der Waals surface area contributed by atoms with E-state index in [0.29, 0.717) is 25.6 Å². The van der Waals surface area contributed by atoms with Crippen molar-refractivity contribution in [1.29, 1.82) is 0 Å². The molecule has 1 aliphatic rings. The molecule has 0 radical (unpaired) electrons. The van der Waals surface area contributed by atoms with Crippen LogP contribution in [0.1, 0.15) is 49.2 Å². The first-order chi connectivity index (χ1) is 11.6. The summed E-state index contributed by atoms with van der Waals surface area (Å²) in [7, 11) is 3.74. The van der Waals surface area contributed by atoms with Gasteiger partial charge in [0, 0.05) is 38.5 Å². The van der Waals surface area contributed by atoms with Crippen LogP contribution in [0.4, 0.5) is 0 Å². The number of nitrogens with one attached hydrogen (secondary N) is 2. The average Bonchev–Trinajstić information content (AvgIpc) is 2.97. The normalized spacial score (nSPS) is 16.0. The van der Waals surface area contributed by atoms with E-state index >= 15 is 0 Å². The van der Waals surface area contributed by atoms with Gasteiger partial charge in [-0.2, -0.15) is 0 Å². The highest BCUT2D eigenvalue weighted by molar-refractivity contribution is 7.09. The van der Waals surface area contributed by atoms with Gasteiger partial charge < -0.3 is 15.5 Å². The predicted octanol–water partition coefficient (Wildman–Crippen LogP) is 2.30. The van der Waals surface area contributed by atoms with Gasteiger partial charge in [-0.3, -0.25) is 9.79 Å². The molecule has 0 atom stereocenters. The van der Waals surface area contributed by atoms with E-state index in [9.17, 15) is 4.79 Å². The van der Waals surface area contributed by atoms with E-state index in [-0.39, 0.29) is 5.91 Å². The summed E-state index contributed by atoms with van der Waals surface area (Å²) in [5.74, 6) is 0.911. The molecular formula is C17H29N5OS. The smallest absolute Gasteiger partial charge is 0.221 e. The first-order valence-electron chi connectivity index (χ1n) is 8.70. The molecule has 0 aliphatic heterocycles. The molecule has 7 heteroatoms. The second kappa shape index (κ2) is 9.61. The van der Waals surface area contributed by atoms with Gasteiger partial charge in [0.2, 0.25) is 5.91 Å². The Hall–Kier alpha value is -1.63. The standard InChI is InChI=1S/C17H29N5OS/c1-13-20-15(12-24-13)11-22(3)17(18-2)19-10-9-16(23)21-14-7-5-4-6-8-14/h12,14H,4-11H2,1-3H3,(H,18,19)(H,21,23). The van der Waals surface area contributed by atoms with Gasteiger partial charge in [-0.25, -0.2) is 4.98 Å². The van der Waals surface area contributed by atoms with Crippen molar-refractivity contribution in [1.82, 2.24) is 20.5 Å². The zero-order chi connectivity index (χ0) is 17.4. The fourth-order valence-corrected chi connectivity index (χ4v) is 3.62. The van der Waals surface area contributed by atoms with Crippen LogP contribution in [0.2, 0.25) is 0 Å². The first kappa shape index (κ1) is 18.7. The number of hydrogen-bond donors (Lipinski definition) is 2. The summed E-state index contributed by atoms with van der Waals surface area (Å²) in [6, 6.07) is 0.376. The summed E-state index contributed by atoms with van der Waals surface area (Å²) in [6.45, 7) is 3.30. The lowest BCUT2D eigenvalue weighted by Gasteiger charge is -2.23. The van der Waals surface area contributed by atoms with Crippen LogP contribution >= 0.6 is 11.3 Å². The maximum atomic E-state index is 12.0. The van der Waals surface area contributed by atoms with E-state index in [0.717, 1.165) is 29.5 Å². The lowest BCUT2D eigenvalue weighted by molar-refractivity contribution is -0.121. The quantitative estimate of drug-likeness (QED) is 0.609. The van der Waals surface area contributed by atoms with Crippen molar-refractivity contribution < 1.29 is 4.79 Å². The van der Waals surface area contributed by atoms with Gasteiger partial charge in [0.15, 0.2) is 5.96 Å². The Bertz CT molecular complexity index is 551. The predicted molar refractivity (Wildman–Crippen MR) is 99.3 cm³/mol. The summed E-state index contributed by atoms with van der Waals surface area (Å²) < 4.78 is 0. The minimum absolute atomic E-state index is 0.127. The lowest BCUT2D eigenvalue weighted by Crippen LogP contribution is -2.41. The van der Waals surface area contributed by atoms with Gasteiger partial charge in [0.1, 0.15) is 0 Å². The Morgan fingerprint density at radius 1 is 1.42 bits per heavy atom. The van der Waals surface area contributed by atoms with Crippen LogP contribution in [-0.4, -0.2) is 48.4 Å². The number of carbonyl (C=O) groups is 1. The minimum Gasteiger partial charge on any atom is -0.356 e. The third kappa shape index (κ3) is 6.11. The molecule has 1 aromatic heterocycles. The molecule has 2 N–H and O–H groups in total. The van der Waals surface area contributed by atoms with Crippen molar-refractivity contribution >= 4 is 23.2 Å². The third-order valence-corrected chi connectivity index (χ3v) is 5.07. The fraction of sp³-hybridized carbons (Fsp3) is 0.706. The van der Waals surface area contributed by atoms with E-state index < -0.39 is 0 Å². The van der Waals surface area contributed by atoms with Crippen LogP contribution < -0.4 is 10.6 Å². The van der Waals surface area contributed by atoms with Gasteiger partial charge in [-0.15, -0.1) is 11.3 Å². The van der Waals surface area contributed by atoms with Gasteiger partial charge in [0.05, 0.1) is 17.2 Å². The molecule has 6 nitrogen and oxygen atoms in total. The monoisotopic (exact) mass is 351 g/mol. The lowest BCUT2D eigenvalue weighted by atomic mass is 9.95. The minimum atomic E-state index is 0.127. The molecule has 24 heavy (non-hydrogen) atoms. The van der Waals surface area contributed by atoms with Crippen molar-refractivity contribution in [3.63, 3.8) is 0 Å². The summed E-state index contributed by atoms with van der Waals surface area (Å²) in [5.41, 5.74) is 1.04. The van der Waals surface area contributed by atoms with E-state index in [1.54, 1.807) is 18.4 Å². The van der Waals surface area contributed by atoms with Gasteiger partial charge >= 0.3 is 0 Å². The second-order valence-corrected chi connectivity index (χ2v) is 7.40. The maximum Gasteiger partial charge on any atom is 0.221 e. The van der Waals surface area contributed by atoms with E-state index in [1.165, 1.54) is 19.3 Å². The van der Waals surface area contributed by atoms with E-state index in [1.807, 2.05) is 18.9 Å². The van der Waals surface area contributed by atoms with Crippen LogP contribution in [0.5, 0.6) is 0 Å². The van der Waals surface area contributed by atoms with Crippen LogP contribution in [0, 0.1) is 6.92 Å². The molecule has 0 aromatic carbocycles. The van der Waals surface area contributed by atoms with Crippen LogP contribution in [-0.2, 0) is 11.3 Å². The number of aryl methyl sites for hydroxylation is 1. The molecule has 1 heterocycles. The van der Waals surface area contributed by atoms with E-state index in [2.05, 4.69) is 26.0 Å². The maximum absolute atomic E-state index is 12.0. The number of guanidine groups is 1. The molecule has 0 spiro atoms. The molecule has 2 rings (SSSR count). The largest absolute Gasteiger partial charge is 0.356 e. The van der Waals surface area contributed by atoms with Crippen molar-refractivity contribution in [2.45, 2.75) is 58.0 Å². The molecule has 0 saturated heterocycles. The zero-order valence-electron chi connectivity index (χ0n) is 15.0. The summed E-state index contributed by atoms with van der Waals surface area (Å²) >= 11 is 1.65. The molecule has 1 fully saturated rings. The molecule has 1 saturated carbocycles. The Balaban J connectivity index is 1.69. The second-order valence-electron chi connectivity index (χ2n) is 6.34. The van der Waals surface area contributed by atoms with Gasteiger partial charge in [-0.1, -0.05) is 19.3 Å². The molecule has 1 amide bonds. The third-order valence-electron chi connectivity index (χ3n) is 4.24. The Labute approximate surface area is 148 Å². The highest BCUT2D eigenvalue weighted by Crippen LogP contribution is 2.17. The number of nitrogens with zero attached hydrogens (tertiary/aromatic N) is 3. The Morgan fingerprint density at radius 2 is 2.17 bits per heavy atom. The molecule has 1 aromatic rings. The summed E-state index contributed by atoms with van der Waals surface area (Å²) in [4.78, 5) is 22.8. The number of rotatable bonds is 6. The number of aliphatic imine (C=N–C) groups is 1. The van der Waals surface area contributed by atoms with Gasteiger partial charge in [-0.05, 0) is 19.8 Å². The van der Waals surface area contributed by atoms with Crippen molar-refractivity contribution in [3.8, 4) is 0 Å². The van der Waals surface area contributed by atoms with E-state index in [4.69, 9.17) is 0 Å². The topological polar surface area (TPSA) is 69.6 Å². The number of aromatic nitrogens is 1. The summed E-state index contributed by atoms with van der Waals surface area (Å²) in [5, 5.41) is 9.53. The SMILES string of the molecule is CN=C(NCCC(=O)NC1CCCCC1)N(C)Cc1csc(C)n1. The summed E-state index contributed by atoms with van der Waals surface area (Å²) in [6.07, 6.45) is 6.48. The highest BCUT2D eigenvalue weighted by atomic mass is 32.1. The molecular weight excluding hydrogens is 322 g/mol. The average molecular weight is 352 g/mol. The number of thiazole rings is 1. The van der Waals surface area contributed by atoms with Crippen LogP contribution in [0.3, 0.4) is 0 Å². The fourth-order valence-electron chi connectivity index (χ4n) is 3.02. The number of carbonyl (C=O) groups excluding carboxylic acids is 1. The van der Waals surface area contributed by atoms with Crippen LogP contribution in [0.15, 0.2) is 10.4 Å². The Morgan fingerprint density at radius 3 is 2.79 bits per heavy atom. The number of hydrogen-bond acceptors (Lipinski definition) is 4. The molecule has 1 aliphatic carbocycles. The van der Waals surface area contributed by atoms with Crippen LogP contribution in [0.25, 0.3) is 0 Å². The molecule has 0 bridgehead atoms. The molecule has 134 valence electrons. The van der Waals surface area contributed by atoms with Gasteiger partial charge in [0.25, 0.3) is 0 Å². The van der Waals surface area contributed by atoms with Crippen molar-refractivity contribution in [3.05, 3.63) is 16.1 Å². The Kier molecular flexibility index (Phi) is 7.49. The van der Waals surface area contributed by atoms with Crippen molar-refractivity contribution in [2.75, 3.05) is 20.6 Å². The highest BCUT2D eigenvalue weighted by Gasteiger charge is 2.15. The number of amides is 1.